The summed E-state index contributed by atoms with van der Waals surface area (Å²) in [6.45, 7) is 8.62. The Bertz CT molecular complexity index is 1100. The number of Topliss-reactive ketones (excluding diaryl/α,β-unsaturated/α-hetero) is 1. The van der Waals surface area contributed by atoms with Crippen molar-refractivity contribution >= 4 is 17.4 Å². The predicted octanol–water partition coefficient (Wildman–Crippen LogP) is 4.72. The van der Waals surface area contributed by atoms with Gasteiger partial charge in [-0.05, 0) is 55.5 Å². The maximum Gasteiger partial charge on any atom is 0.254 e. The molecule has 166 valence electrons. The fraction of sp³-hybridized carbons (Fsp3) is 0.346. The van der Waals surface area contributed by atoms with Gasteiger partial charge in [0.15, 0.2) is 5.78 Å². The number of pyridine rings is 1. The fourth-order valence-corrected chi connectivity index (χ4v) is 4.63. The lowest BCUT2D eigenvalue weighted by Crippen LogP contribution is -2.39. The number of rotatable bonds is 5. The lowest BCUT2D eigenvalue weighted by molar-refractivity contribution is -0.118. The number of ether oxygens (including phenoxy) is 1. The van der Waals surface area contributed by atoms with Crippen LogP contribution in [0.1, 0.15) is 52.0 Å². The van der Waals surface area contributed by atoms with Gasteiger partial charge >= 0.3 is 0 Å². The zero-order valence-corrected chi connectivity index (χ0v) is 19.0. The van der Waals surface area contributed by atoms with Crippen molar-refractivity contribution in [3.63, 3.8) is 0 Å². The van der Waals surface area contributed by atoms with Gasteiger partial charge < -0.3 is 15.4 Å². The number of ketones is 1. The Morgan fingerprint density at radius 3 is 2.62 bits per heavy atom. The average Bonchev–Trinajstić information content (AvgIpc) is 2.73. The monoisotopic (exact) mass is 431 g/mol. The van der Waals surface area contributed by atoms with Crippen LogP contribution < -0.4 is 15.4 Å². The van der Waals surface area contributed by atoms with E-state index in [9.17, 15) is 9.59 Å². The predicted molar refractivity (Wildman–Crippen MR) is 124 cm³/mol. The van der Waals surface area contributed by atoms with Crippen molar-refractivity contribution in [2.24, 2.45) is 5.41 Å². The molecule has 6 nitrogen and oxygen atoms in total. The van der Waals surface area contributed by atoms with Crippen molar-refractivity contribution in [1.29, 1.82) is 0 Å². The number of aromatic nitrogens is 1. The topological polar surface area (TPSA) is 80.3 Å². The molecule has 4 rings (SSSR count). The summed E-state index contributed by atoms with van der Waals surface area (Å²) in [6.07, 6.45) is 4.48. The van der Waals surface area contributed by atoms with Crippen molar-refractivity contribution < 1.29 is 14.3 Å². The summed E-state index contributed by atoms with van der Waals surface area (Å²) in [5.41, 5.74) is 4.29. The highest BCUT2D eigenvalue weighted by atomic mass is 16.5. The van der Waals surface area contributed by atoms with Crippen LogP contribution in [-0.4, -0.2) is 23.3 Å². The van der Waals surface area contributed by atoms with Gasteiger partial charge in [0.25, 0.3) is 5.91 Å². The number of nitrogens with zero attached hydrogens (tertiary/aromatic N) is 1. The van der Waals surface area contributed by atoms with Gasteiger partial charge in [-0.25, -0.2) is 0 Å². The quantitative estimate of drug-likeness (QED) is 0.716. The van der Waals surface area contributed by atoms with Gasteiger partial charge in [0.05, 0.1) is 18.5 Å². The van der Waals surface area contributed by atoms with E-state index in [2.05, 4.69) is 29.5 Å². The van der Waals surface area contributed by atoms with Crippen LogP contribution in [0.5, 0.6) is 5.75 Å². The second-order valence-corrected chi connectivity index (χ2v) is 9.13. The van der Waals surface area contributed by atoms with E-state index in [-0.39, 0.29) is 17.1 Å². The molecule has 6 heteroatoms. The zero-order chi connectivity index (χ0) is 22.9. The molecule has 0 spiro atoms. The number of hydrogen-bond donors (Lipinski definition) is 2. The Hall–Kier alpha value is -3.41. The third-order valence-electron chi connectivity index (χ3n) is 5.93. The maximum atomic E-state index is 13.4. The first-order valence-corrected chi connectivity index (χ1v) is 11.0. The largest absolute Gasteiger partial charge is 0.494 e. The number of carbonyl (C=O) groups is 2. The molecule has 0 bridgehead atoms. The summed E-state index contributed by atoms with van der Waals surface area (Å²) >= 11 is 0. The molecule has 1 unspecified atom stereocenters. The van der Waals surface area contributed by atoms with Gasteiger partial charge in [-0.2, -0.15) is 0 Å². The SMILES string of the molecule is CCOc1ccc(C2C(C(=O)Nc3cccnc3)=C(C)NC3=C2C(=O)CC(C)(C)C3)cc1. The first-order valence-electron chi connectivity index (χ1n) is 11.0. The Morgan fingerprint density at radius 2 is 1.97 bits per heavy atom. The zero-order valence-electron chi connectivity index (χ0n) is 19.0. The van der Waals surface area contributed by atoms with Gasteiger partial charge in [-0.15, -0.1) is 0 Å². The third kappa shape index (κ3) is 4.31. The molecule has 1 amide bonds. The van der Waals surface area contributed by atoms with Crippen LogP contribution in [0.25, 0.3) is 0 Å². The van der Waals surface area contributed by atoms with Gasteiger partial charge in [-0.1, -0.05) is 26.0 Å². The van der Waals surface area contributed by atoms with Crippen LogP contribution in [0.2, 0.25) is 0 Å². The van der Waals surface area contributed by atoms with Crippen LogP contribution >= 0.6 is 0 Å². The van der Waals surface area contributed by atoms with Crippen molar-refractivity contribution in [1.82, 2.24) is 10.3 Å². The standard InChI is InChI=1S/C26H29N3O3/c1-5-32-19-10-8-17(9-11-19)23-22(25(31)29-18-7-6-12-27-15-18)16(2)28-20-13-26(3,4)14-21(30)24(20)23/h6-12,15,23,28H,5,13-14H2,1-4H3,(H,29,31). The highest BCUT2D eigenvalue weighted by molar-refractivity contribution is 6.09. The van der Waals surface area contributed by atoms with E-state index in [1.807, 2.05) is 38.1 Å². The van der Waals surface area contributed by atoms with Crippen LogP contribution in [-0.2, 0) is 9.59 Å². The molecule has 2 aromatic rings. The molecule has 2 heterocycles. The Morgan fingerprint density at radius 1 is 1.22 bits per heavy atom. The van der Waals surface area contributed by atoms with E-state index in [0.717, 1.165) is 29.1 Å². The first kappa shape index (κ1) is 21.8. The van der Waals surface area contributed by atoms with Crippen LogP contribution in [0.3, 0.4) is 0 Å². The molecule has 1 atom stereocenters. The van der Waals surface area contributed by atoms with E-state index in [4.69, 9.17) is 4.74 Å². The molecule has 0 radical (unpaired) electrons. The molecule has 1 aromatic carbocycles. The first-order chi connectivity index (χ1) is 15.3. The Kier molecular flexibility index (Phi) is 5.87. The molecule has 2 N–H and O–H groups in total. The van der Waals surface area contributed by atoms with E-state index in [0.29, 0.717) is 29.9 Å². The number of amides is 1. The molecule has 1 aliphatic heterocycles. The average molecular weight is 432 g/mol. The fourth-order valence-electron chi connectivity index (χ4n) is 4.63. The van der Waals surface area contributed by atoms with Crippen LogP contribution in [0, 0.1) is 5.41 Å². The number of nitrogens with one attached hydrogen (secondary N) is 2. The molecule has 1 aromatic heterocycles. The Balaban J connectivity index is 1.79. The minimum absolute atomic E-state index is 0.0850. The van der Waals surface area contributed by atoms with Gasteiger partial charge in [-0.3, -0.25) is 14.6 Å². The van der Waals surface area contributed by atoms with Crippen molar-refractivity contribution in [3.8, 4) is 5.75 Å². The number of anilines is 1. The number of benzene rings is 1. The smallest absolute Gasteiger partial charge is 0.254 e. The second kappa shape index (κ2) is 8.61. The van der Waals surface area contributed by atoms with Crippen LogP contribution in [0.4, 0.5) is 5.69 Å². The maximum absolute atomic E-state index is 13.4. The van der Waals surface area contributed by atoms with E-state index in [1.54, 1.807) is 24.5 Å². The molecule has 0 saturated carbocycles. The van der Waals surface area contributed by atoms with Gasteiger partial charge in [0.1, 0.15) is 5.75 Å². The normalized spacial score (nSPS) is 19.9. The molecule has 1 aliphatic carbocycles. The van der Waals surface area contributed by atoms with Crippen molar-refractivity contribution in [3.05, 3.63) is 76.9 Å². The summed E-state index contributed by atoms with van der Waals surface area (Å²) < 4.78 is 5.59. The molecule has 0 fully saturated rings. The highest BCUT2D eigenvalue weighted by Gasteiger charge is 2.42. The number of dihydropyridines is 1. The summed E-state index contributed by atoms with van der Waals surface area (Å²) in [7, 11) is 0. The number of carbonyl (C=O) groups excluding carboxylic acids is 2. The number of allylic oxidation sites excluding steroid dienone is 3. The second-order valence-electron chi connectivity index (χ2n) is 9.13. The summed E-state index contributed by atoms with van der Waals surface area (Å²) in [4.78, 5) is 30.9. The third-order valence-corrected chi connectivity index (χ3v) is 5.93. The van der Waals surface area contributed by atoms with E-state index >= 15 is 0 Å². The van der Waals surface area contributed by atoms with E-state index in [1.165, 1.54) is 0 Å². The summed E-state index contributed by atoms with van der Waals surface area (Å²) in [5, 5.41) is 6.33. The Labute approximate surface area is 188 Å². The van der Waals surface area contributed by atoms with Crippen LogP contribution in [0.15, 0.2) is 71.3 Å². The molecule has 0 saturated heterocycles. The molecule has 32 heavy (non-hydrogen) atoms. The van der Waals surface area contributed by atoms with Gasteiger partial charge in [0, 0.05) is 41.1 Å². The molecule has 2 aliphatic rings. The highest BCUT2D eigenvalue weighted by Crippen LogP contribution is 2.46. The lowest BCUT2D eigenvalue weighted by atomic mass is 9.68. The summed E-state index contributed by atoms with van der Waals surface area (Å²) in [6, 6.07) is 11.2. The summed E-state index contributed by atoms with van der Waals surface area (Å²) in [5.74, 6) is 0.160. The molecular formula is C26H29N3O3. The van der Waals surface area contributed by atoms with Crippen molar-refractivity contribution in [2.45, 2.75) is 46.5 Å². The lowest BCUT2D eigenvalue weighted by Gasteiger charge is -2.39. The van der Waals surface area contributed by atoms with Gasteiger partial charge in [0.2, 0.25) is 0 Å². The van der Waals surface area contributed by atoms with E-state index < -0.39 is 5.92 Å². The minimum atomic E-state index is -0.442. The van der Waals surface area contributed by atoms with Crippen molar-refractivity contribution in [2.75, 3.05) is 11.9 Å². The number of hydrogen-bond acceptors (Lipinski definition) is 5. The minimum Gasteiger partial charge on any atom is -0.494 e. The molecular weight excluding hydrogens is 402 g/mol.